The average Bonchev–Trinajstić information content (AvgIpc) is 3.15. The zero-order valence-electron chi connectivity index (χ0n) is 14.1. The maximum atomic E-state index is 12.2. The van der Waals surface area contributed by atoms with Gasteiger partial charge in [-0.1, -0.05) is 18.2 Å². The Balaban J connectivity index is 1.55. The third-order valence-electron chi connectivity index (χ3n) is 4.38. The molecule has 0 aliphatic carbocycles. The summed E-state index contributed by atoms with van der Waals surface area (Å²) in [4.78, 5) is 14.6. The van der Waals surface area contributed by atoms with E-state index in [1.165, 1.54) is 18.5 Å². The number of amides is 1. The Morgan fingerprint density at radius 2 is 1.92 bits per heavy atom. The Kier molecular flexibility index (Phi) is 5.36. The summed E-state index contributed by atoms with van der Waals surface area (Å²) in [6.07, 6.45) is 3.66. The van der Waals surface area contributed by atoms with E-state index in [0.717, 1.165) is 30.1 Å². The number of nitrogens with zero attached hydrogens (tertiary/aromatic N) is 1. The number of methoxy groups -OCH3 is 1. The number of benzene rings is 2. The summed E-state index contributed by atoms with van der Waals surface area (Å²) in [6.45, 7) is 2.21. The van der Waals surface area contributed by atoms with Crippen LogP contribution in [0.4, 0.5) is 11.4 Å². The Bertz CT molecular complexity index is 694. The highest BCUT2D eigenvalue weighted by molar-refractivity contribution is 5.91. The first-order valence-corrected chi connectivity index (χ1v) is 8.52. The summed E-state index contributed by atoms with van der Waals surface area (Å²) in [7, 11) is 1.65. The Labute approximate surface area is 143 Å². The van der Waals surface area contributed by atoms with Gasteiger partial charge in [0.2, 0.25) is 5.91 Å². The first-order chi connectivity index (χ1) is 11.7. The lowest BCUT2D eigenvalue weighted by molar-refractivity contribution is -0.116. The Morgan fingerprint density at radius 3 is 2.71 bits per heavy atom. The van der Waals surface area contributed by atoms with Gasteiger partial charge in [0, 0.05) is 30.9 Å². The zero-order chi connectivity index (χ0) is 16.8. The molecule has 1 aliphatic heterocycles. The molecular formula is C20H24N2O2. The van der Waals surface area contributed by atoms with Gasteiger partial charge in [-0.2, -0.15) is 0 Å². The van der Waals surface area contributed by atoms with Crippen molar-refractivity contribution >= 4 is 17.3 Å². The lowest BCUT2D eigenvalue weighted by Gasteiger charge is -2.18. The minimum atomic E-state index is 0.0383. The van der Waals surface area contributed by atoms with Gasteiger partial charge in [-0.3, -0.25) is 4.79 Å². The van der Waals surface area contributed by atoms with Crippen LogP contribution in [0, 0.1) is 0 Å². The monoisotopic (exact) mass is 324 g/mol. The number of ether oxygens (including phenoxy) is 1. The van der Waals surface area contributed by atoms with E-state index in [-0.39, 0.29) is 5.91 Å². The van der Waals surface area contributed by atoms with Crippen molar-refractivity contribution in [2.75, 3.05) is 30.4 Å². The maximum absolute atomic E-state index is 12.2. The van der Waals surface area contributed by atoms with Crippen molar-refractivity contribution in [2.45, 2.75) is 25.7 Å². The van der Waals surface area contributed by atoms with E-state index in [9.17, 15) is 4.79 Å². The number of carbonyl (C=O) groups is 1. The normalized spacial score (nSPS) is 13.8. The molecule has 3 rings (SSSR count). The van der Waals surface area contributed by atoms with Crippen LogP contribution in [0.2, 0.25) is 0 Å². The first-order valence-electron chi connectivity index (χ1n) is 8.52. The van der Waals surface area contributed by atoms with Crippen molar-refractivity contribution in [1.82, 2.24) is 0 Å². The smallest absolute Gasteiger partial charge is 0.224 e. The Hall–Kier alpha value is -2.49. The molecule has 0 radical (unpaired) electrons. The summed E-state index contributed by atoms with van der Waals surface area (Å²) < 4.78 is 5.21. The minimum absolute atomic E-state index is 0.0383. The summed E-state index contributed by atoms with van der Waals surface area (Å²) in [5.41, 5.74) is 3.17. The van der Waals surface area contributed by atoms with Crippen LogP contribution < -0.4 is 15.0 Å². The third-order valence-corrected chi connectivity index (χ3v) is 4.38. The molecule has 0 spiro atoms. The van der Waals surface area contributed by atoms with Crippen molar-refractivity contribution in [2.24, 2.45) is 0 Å². The zero-order valence-corrected chi connectivity index (χ0v) is 14.1. The quantitative estimate of drug-likeness (QED) is 0.877. The molecule has 2 aromatic carbocycles. The fraction of sp³-hybridized carbons (Fsp3) is 0.350. The van der Waals surface area contributed by atoms with Crippen molar-refractivity contribution in [3.63, 3.8) is 0 Å². The number of anilines is 2. The molecule has 24 heavy (non-hydrogen) atoms. The van der Waals surface area contributed by atoms with E-state index >= 15 is 0 Å². The fourth-order valence-corrected chi connectivity index (χ4v) is 3.07. The van der Waals surface area contributed by atoms with Gasteiger partial charge >= 0.3 is 0 Å². The molecule has 126 valence electrons. The molecule has 4 nitrogen and oxygen atoms in total. The molecule has 2 aromatic rings. The lowest BCUT2D eigenvalue weighted by atomic mass is 10.1. The lowest BCUT2D eigenvalue weighted by Crippen LogP contribution is -2.18. The van der Waals surface area contributed by atoms with Crippen molar-refractivity contribution in [3.05, 3.63) is 54.1 Å². The maximum Gasteiger partial charge on any atom is 0.224 e. The second-order valence-corrected chi connectivity index (χ2v) is 6.14. The number of nitrogens with one attached hydrogen (secondary N) is 1. The summed E-state index contributed by atoms with van der Waals surface area (Å²) in [6, 6.07) is 16.0. The van der Waals surface area contributed by atoms with Crippen molar-refractivity contribution < 1.29 is 9.53 Å². The van der Waals surface area contributed by atoms with Gasteiger partial charge in [0.05, 0.1) is 7.11 Å². The van der Waals surface area contributed by atoms with Gasteiger partial charge in [-0.25, -0.2) is 0 Å². The van der Waals surface area contributed by atoms with E-state index in [0.29, 0.717) is 12.8 Å². The van der Waals surface area contributed by atoms with Crippen LogP contribution in [-0.4, -0.2) is 26.1 Å². The highest BCUT2D eigenvalue weighted by atomic mass is 16.5. The molecule has 1 heterocycles. The molecule has 0 bridgehead atoms. The van der Waals surface area contributed by atoms with E-state index in [1.54, 1.807) is 7.11 Å². The fourth-order valence-electron chi connectivity index (χ4n) is 3.07. The Morgan fingerprint density at radius 1 is 1.12 bits per heavy atom. The molecule has 1 fully saturated rings. The summed E-state index contributed by atoms with van der Waals surface area (Å²) in [5, 5.41) is 3.01. The van der Waals surface area contributed by atoms with Crippen molar-refractivity contribution in [3.8, 4) is 5.75 Å². The molecule has 1 saturated heterocycles. The molecule has 0 atom stereocenters. The van der Waals surface area contributed by atoms with Gasteiger partial charge in [0.25, 0.3) is 0 Å². The van der Waals surface area contributed by atoms with Crippen LogP contribution >= 0.6 is 0 Å². The standard InChI is InChI=1S/C20H24N2O2/c1-24-19-9-4-6-16(14-19)10-11-20(23)21-17-7-5-8-18(15-17)22-12-2-3-13-22/h4-9,14-15H,2-3,10-13H2,1H3,(H,21,23). The largest absolute Gasteiger partial charge is 0.497 e. The molecule has 1 N–H and O–H groups in total. The van der Waals surface area contributed by atoms with E-state index in [2.05, 4.69) is 22.3 Å². The van der Waals surface area contributed by atoms with Crippen LogP contribution in [0.25, 0.3) is 0 Å². The molecule has 1 amide bonds. The molecular weight excluding hydrogens is 300 g/mol. The average molecular weight is 324 g/mol. The predicted octanol–water partition coefficient (Wildman–Crippen LogP) is 3.87. The number of rotatable bonds is 6. The predicted molar refractivity (Wildman–Crippen MR) is 97.8 cm³/mol. The van der Waals surface area contributed by atoms with Crippen LogP contribution in [0.1, 0.15) is 24.8 Å². The van der Waals surface area contributed by atoms with Crippen LogP contribution in [0.5, 0.6) is 5.75 Å². The molecule has 0 aromatic heterocycles. The van der Waals surface area contributed by atoms with Gasteiger partial charge in [0.1, 0.15) is 5.75 Å². The topological polar surface area (TPSA) is 41.6 Å². The summed E-state index contributed by atoms with van der Waals surface area (Å²) in [5.74, 6) is 0.864. The second kappa shape index (κ2) is 7.86. The van der Waals surface area contributed by atoms with Crippen molar-refractivity contribution in [1.29, 1.82) is 0 Å². The summed E-state index contributed by atoms with van der Waals surface area (Å²) >= 11 is 0. The highest BCUT2D eigenvalue weighted by Gasteiger charge is 2.13. The molecule has 4 heteroatoms. The van der Waals surface area contributed by atoms with Gasteiger partial charge in [0.15, 0.2) is 0 Å². The van der Waals surface area contributed by atoms with Gasteiger partial charge in [-0.15, -0.1) is 0 Å². The van der Waals surface area contributed by atoms with Gasteiger partial charge < -0.3 is 15.0 Å². The molecule has 1 aliphatic rings. The number of hydrogen-bond acceptors (Lipinski definition) is 3. The third kappa shape index (κ3) is 4.28. The number of hydrogen-bond donors (Lipinski definition) is 1. The van der Waals surface area contributed by atoms with E-state index in [4.69, 9.17) is 4.74 Å². The number of aryl methyl sites for hydroxylation is 1. The number of carbonyl (C=O) groups excluding carboxylic acids is 1. The van der Waals surface area contributed by atoms with E-state index < -0.39 is 0 Å². The van der Waals surface area contributed by atoms with Crippen LogP contribution in [0.15, 0.2) is 48.5 Å². The minimum Gasteiger partial charge on any atom is -0.497 e. The molecule has 0 unspecified atom stereocenters. The SMILES string of the molecule is COc1cccc(CCC(=O)Nc2cccc(N3CCCC3)c2)c1. The van der Waals surface area contributed by atoms with Crippen LogP contribution in [-0.2, 0) is 11.2 Å². The highest BCUT2D eigenvalue weighted by Crippen LogP contribution is 2.23. The second-order valence-electron chi connectivity index (χ2n) is 6.14. The van der Waals surface area contributed by atoms with Crippen LogP contribution in [0.3, 0.4) is 0 Å². The first kappa shape index (κ1) is 16.4. The van der Waals surface area contributed by atoms with Gasteiger partial charge in [-0.05, 0) is 55.2 Å². The molecule has 0 saturated carbocycles. The van der Waals surface area contributed by atoms with E-state index in [1.807, 2.05) is 36.4 Å².